The summed E-state index contributed by atoms with van der Waals surface area (Å²) in [6, 6.07) is 0. The van der Waals surface area contributed by atoms with Gasteiger partial charge in [0.1, 0.15) is 6.61 Å². The summed E-state index contributed by atoms with van der Waals surface area (Å²) in [4.78, 5) is 24.3. The molecule has 0 aliphatic heterocycles. The fourth-order valence-electron chi connectivity index (χ4n) is 6.71. The zero-order valence-corrected chi connectivity index (χ0v) is 33.4. The summed E-state index contributed by atoms with van der Waals surface area (Å²) < 4.78 is 10.6. The summed E-state index contributed by atoms with van der Waals surface area (Å²) in [5.74, 6) is 0.342. The zero-order valence-electron chi connectivity index (χ0n) is 33.4. The van der Waals surface area contributed by atoms with Crippen LogP contribution in [0.2, 0.25) is 0 Å². The third-order valence-electron chi connectivity index (χ3n) is 10.4. The van der Waals surface area contributed by atoms with E-state index in [1.807, 2.05) is 0 Å². The first-order valence-electron chi connectivity index (χ1n) is 22.0. The molecule has 5 heteroatoms. The van der Waals surface area contributed by atoms with Gasteiger partial charge in [0.15, 0.2) is 6.10 Å². The van der Waals surface area contributed by atoms with Gasteiger partial charge in [-0.25, -0.2) is 0 Å². The van der Waals surface area contributed by atoms with Gasteiger partial charge in [0.25, 0.3) is 0 Å². The number of ether oxygens (including phenoxy) is 2. The highest BCUT2D eigenvalue weighted by molar-refractivity contribution is 5.70. The Hall–Kier alpha value is -1.10. The summed E-state index contributed by atoms with van der Waals surface area (Å²) in [5, 5.41) is 9.56. The zero-order chi connectivity index (χ0) is 35.9. The van der Waals surface area contributed by atoms with Gasteiger partial charge < -0.3 is 14.6 Å². The molecule has 49 heavy (non-hydrogen) atoms. The van der Waals surface area contributed by atoms with E-state index in [4.69, 9.17) is 9.47 Å². The fraction of sp³-hybridized carbons (Fsp3) is 0.955. The van der Waals surface area contributed by atoms with Crippen LogP contribution in [0, 0.1) is 5.92 Å². The average molecular weight is 695 g/mol. The molecular formula is C44H86O5. The number of esters is 2. The third-order valence-corrected chi connectivity index (χ3v) is 10.4. The van der Waals surface area contributed by atoms with Crippen molar-refractivity contribution in [1.82, 2.24) is 0 Å². The molecule has 0 aliphatic rings. The van der Waals surface area contributed by atoms with Crippen molar-refractivity contribution in [3.05, 3.63) is 0 Å². The van der Waals surface area contributed by atoms with E-state index >= 15 is 0 Å². The number of carbonyl (C=O) groups excluding carboxylic acids is 2. The van der Waals surface area contributed by atoms with Crippen LogP contribution in [0.3, 0.4) is 0 Å². The lowest BCUT2D eigenvalue weighted by Crippen LogP contribution is -2.28. The Morgan fingerprint density at radius 1 is 0.469 bits per heavy atom. The van der Waals surface area contributed by atoms with Crippen molar-refractivity contribution < 1.29 is 24.2 Å². The number of aliphatic hydroxyl groups is 1. The second-order valence-corrected chi connectivity index (χ2v) is 15.4. The molecule has 0 aromatic heterocycles. The maximum atomic E-state index is 12.2. The standard InChI is InChI=1S/C44H86O5/c1-4-6-7-8-9-10-11-18-23-26-29-32-35-38-44(47)49-42(39-45)40-48-43(46)37-34-31-28-25-22-20-17-15-13-12-14-16-19-21-24-27-30-33-36-41(3)5-2/h41-42,45H,4-40H2,1-3H3/t41?,42-/m0/s1. The van der Waals surface area contributed by atoms with E-state index in [1.54, 1.807) is 0 Å². The van der Waals surface area contributed by atoms with Gasteiger partial charge in [-0.2, -0.15) is 0 Å². The van der Waals surface area contributed by atoms with E-state index in [-0.39, 0.29) is 25.2 Å². The van der Waals surface area contributed by atoms with E-state index in [1.165, 1.54) is 180 Å². The average Bonchev–Trinajstić information content (AvgIpc) is 3.10. The predicted molar refractivity (Wildman–Crippen MR) is 210 cm³/mol. The lowest BCUT2D eigenvalue weighted by atomic mass is 9.99. The second-order valence-electron chi connectivity index (χ2n) is 15.4. The number of rotatable bonds is 40. The molecular weight excluding hydrogens is 608 g/mol. The van der Waals surface area contributed by atoms with Crippen LogP contribution in [0.15, 0.2) is 0 Å². The van der Waals surface area contributed by atoms with Crippen LogP contribution in [0.25, 0.3) is 0 Å². The van der Waals surface area contributed by atoms with Crippen molar-refractivity contribution >= 4 is 11.9 Å². The van der Waals surface area contributed by atoms with Crippen LogP contribution in [0.5, 0.6) is 0 Å². The van der Waals surface area contributed by atoms with Crippen LogP contribution < -0.4 is 0 Å². The third kappa shape index (κ3) is 38.0. The molecule has 0 amide bonds. The molecule has 292 valence electrons. The smallest absolute Gasteiger partial charge is 0.306 e. The van der Waals surface area contributed by atoms with Gasteiger partial charge >= 0.3 is 11.9 Å². The van der Waals surface area contributed by atoms with Gasteiger partial charge in [0.05, 0.1) is 6.61 Å². The minimum atomic E-state index is -0.762. The van der Waals surface area contributed by atoms with E-state index in [0.717, 1.165) is 38.0 Å². The Labute approximate surface area is 306 Å². The Kier molecular flexibility index (Phi) is 38.8. The topological polar surface area (TPSA) is 72.8 Å². The molecule has 2 atom stereocenters. The van der Waals surface area contributed by atoms with E-state index in [2.05, 4.69) is 20.8 Å². The monoisotopic (exact) mass is 695 g/mol. The van der Waals surface area contributed by atoms with Crippen molar-refractivity contribution in [3.63, 3.8) is 0 Å². The van der Waals surface area contributed by atoms with E-state index in [9.17, 15) is 14.7 Å². The van der Waals surface area contributed by atoms with Gasteiger partial charge in [-0.05, 0) is 18.8 Å². The lowest BCUT2D eigenvalue weighted by Gasteiger charge is -2.15. The normalized spacial score (nSPS) is 12.7. The van der Waals surface area contributed by atoms with Crippen LogP contribution in [0.4, 0.5) is 0 Å². The Morgan fingerprint density at radius 3 is 1.14 bits per heavy atom. The van der Waals surface area contributed by atoms with Crippen molar-refractivity contribution in [2.75, 3.05) is 13.2 Å². The molecule has 0 saturated heterocycles. The molecule has 0 radical (unpaired) electrons. The van der Waals surface area contributed by atoms with Gasteiger partial charge in [0.2, 0.25) is 0 Å². The number of aliphatic hydroxyl groups excluding tert-OH is 1. The number of carbonyl (C=O) groups is 2. The number of hydrogen-bond donors (Lipinski definition) is 1. The molecule has 1 N–H and O–H groups in total. The van der Waals surface area contributed by atoms with Crippen molar-refractivity contribution in [2.24, 2.45) is 5.92 Å². The minimum Gasteiger partial charge on any atom is -0.462 e. The first-order valence-corrected chi connectivity index (χ1v) is 22.0. The Bertz CT molecular complexity index is 680. The van der Waals surface area contributed by atoms with Gasteiger partial charge in [-0.1, -0.05) is 220 Å². The minimum absolute atomic E-state index is 0.0571. The number of unbranched alkanes of at least 4 members (excludes halogenated alkanes) is 29. The first-order chi connectivity index (χ1) is 24.0. The van der Waals surface area contributed by atoms with Crippen molar-refractivity contribution in [2.45, 2.75) is 252 Å². The molecule has 0 heterocycles. The molecule has 1 unspecified atom stereocenters. The molecule has 0 aromatic rings. The van der Waals surface area contributed by atoms with Crippen molar-refractivity contribution in [3.8, 4) is 0 Å². The first kappa shape index (κ1) is 47.9. The van der Waals surface area contributed by atoms with Crippen LogP contribution >= 0.6 is 0 Å². The summed E-state index contributed by atoms with van der Waals surface area (Å²) in [6.07, 6.45) is 43.1. The van der Waals surface area contributed by atoms with Crippen LogP contribution in [-0.4, -0.2) is 36.4 Å². The molecule has 0 bridgehead atoms. The van der Waals surface area contributed by atoms with E-state index < -0.39 is 6.10 Å². The molecule has 0 aliphatic carbocycles. The van der Waals surface area contributed by atoms with Crippen LogP contribution in [0.1, 0.15) is 245 Å². The molecule has 0 aromatic carbocycles. The largest absolute Gasteiger partial charge is 0.462 e. The lowest BCUT2D eigenvalue weighted by molar-refractivity contribution is -0.161. The van der Waals surface area contributed by atoms with Gasteiger partial charge in [-0.15, -0.1) is 0 Å². The predicted octanol–water partition coefficient (Wildman–Crippen LogP) is 13.8. The summed E-state index contributed by atoms with van der Waals surface area (Å²) in [5.41, 5.74) is 0. The Balaban J connectivity index is 3.45. The van der Waals surface area contributed by atoms with Gasteiger partial charge in [0, 0.05) is 12.8 Å². The molecule has 0 saturated carbocycles. The maximum Gasteiger partial charge on any atom is 0.306 e. The molecule has 0 rings (SSSR count). The second kappa shape index (κ2) is 39.7. The maximum absolute atomic E-state index is 12.2. The van der Waals surface area contributed by atoms with Gasteiger partial charge in [-0.3, -0.25) is 9.59 Å². The summed E-state index contributed by atoms with van der Waals surface area (Å²) in [7, 11) is 0. The molecule has 5 nitrogen and oxygen atoms in total. The van der Waals surface area contributed by atoms with Crippen molar-refractivity contribution in [1.29, 1.82) is 0 Å². The van der Waals surface area contributed by atoms with E-state index in [0.29, 0.717) is 12.8 Å². The van der Waals surface area contributed by atoms with Crippen LogP contribution in [-0.2, 0) is 19.1 Å². The quantitative estimate of drug-likeness (QED) is 0.0510. The highest BCUT2D eigenvalue weighted by Gasteiger charge is 2.16. The fourth-order valence-corrected chi connectivity index (χ4v) is 6.71. The summed E-state index contributed by atoms with van der Waals surface area (Å²) >= 11 is 0. The molecule has 0 fully saturated rings. The highest BCUT2D eigenvalue weighted by atomic mass is 16.6. The summed E-state index contributed by atoms with van der Waals surface area (Å²) in [6.45, 7) is 6.57. The Morgan fingerprint density at radius 2 is 0.796 bits per heavy atom. The highest BCUT2D eigenvalue weighted by Crippen LogP contribution is 2.17. The SMILES string of the molecule is CCCCCCCCCCCCCCCC(=O)O[C@@H](CO)COC(=O)CCCCCCCCCCCCCCCCCCCCC(C)CC. The molecule has 0 spiro atoms. The number of hydrogen-bond acceptors (Lipinski definition) is 5.